The molecule has 0 saturated carbocycles. The number of rotatable bonds is 5. The molecule has 1 saturated heterocycles. The summed E-state index contributed by atoms with van der Waals surface area (Å²) >= 11 is 1.43. The maximum atomic E-state index is 12.8. The molecule has 3 heterocycles. The zero-order valence-electron chi connectivity index (χ0n) is 15.8. The molecule has 28 heavy (non-hydrogen) atoms. The normalized spacial score (nSPS) is 18.6. The molecule has 1 fully saturated rings. The van der Waals surface area contributed by atoms with Gasteiger partial charge in [0.1, 0.15) is 5.01 Å². The summed E-state index contributed by atoms with van der Waals surface area (Å²) in [7, 11) is 1.89. The predicted octanol–water partition coefficient (Wildman–Crippen LogP) is 2.53. The maximum absolute atomic E-state index is 12.8. The molecule has 148 valence electrons. The van der Waals surface area contributed by atoms with Crippen LogP contribution in [0.4, 0.5) is 5.13 Å². The van der Waals surface area contributed by atoms with Crippen LogP contribution in [0.1, 0.15) is 27.6 Å². The number of hydrogen-bond acceptors (Lipinski definition) is 6. The van der Waals surface area contributed by atoms with Gasteiger partial charge < -0.3 is 10.6 Å². The van der Waals surface area contributed by atoms with E-state index in [2.05, 4.69) is 57.1 Å². The Kier molecular flexibility index (Phi) is 6.43. The van der Waals surface area contributed by atoms with Gasteiger partial charge in [0, 0.05) is 38.7 Å². The van der Waals surface area contributed by atoms with Crippen LogP contribution in [0, 0.1) is 12.8 Å². The minimum atomic E-state index is -0.140. The van der Waals surface area contributed by atoms with Crippen LogP contribution in [0.15, 0.2) is 36.7 Å². The lowest BCUT2D eigenvalue weighted by Gasteiger charge is -2.15. The summed E-state index contributed by atoms with van der Waals surface area (Å²) in [4.78, 5) is 12.8. The highest BCUT2D eigenvalue weighted by molar-refractivity contribution is 7.15. The third kappa shape index (κ3) is 4.57. The number of nitrogens with zero attached hydrogens (tertiary/aromatic N) is 4. The van der Waals surface area contributed by atoms with Crippen LogP contribution in [0.25, 0.3) is 0 Å². The van der Waals surface area contributed by atoms with Crippen LogP contribution < -0.4 is 10.6 Å². The SMILES string of the molecule is Cc1ccc(Cc2nnc(NC(=O)[C@H]3CNC[C@@H]3c3cnn(C)c3)s2)cc1.Cl. The van der Waals surface area contributed by atoms with Gasteiger partial charge in [0.25, 0.3) is 0 Å². The van der Waals surface area contributed by atoms with E-state index in [4.69, 9.17) is 0 Å². The third-order valence-corrected chi connectivity index (χ3v) is 5.72. The standard InChI is InChI=1S/C19H22N6OS.ClH/c1-12-3-5-13(6-4-12)7-17-23-24-19(27-17)22-18(26)16-10-20-9-15(16)14-8-21-25(2)11-14;/h3-6,8,11,15-16,20H,7,9-10H2,1-2H3,(H,22,24,26);1H/t15-,16+;/m1./s1. The molecule has 1 amide bonds. The van der Waals surface area contributed by atoms with Crippen molar-refractivity contribution in [2.45, 2.75) is 19.3 Å². The van der Waals surface area contributed by atoms with Gasteiger partial charge >= 0.3 is 0 Å². The molecule has 2 N–H and O–H groups in total. The van der Waals surface area contributed by atoms with Crippen molar-refractivity contribution in [2.24, 2.45) is 13.0 Å². The maximum Gasteiger partial charge on any atom is 0.231 e. The molecular weight excluding hydrogens is 396 g/mol. The number of anilines is 1. The second-order valence-electron chi connectivity index (χ2n) is 6.97. The van der Waals surface area contributed by atoms with Gasteiger partial charge in [-0.25, -0.2) is 0 Å². The molecule has 1 aromatic carbocycles. The van der Waals surface area contributed by atoms with Crippen LogP contribution >= 0.6 is 23.7 Å². The molecule has 0 bridgehead atoms. The van der Waals surface area contributed by atoms with E-state index in [1.54, 1.807) is 4.68 Å². The van der Waals surface area contributed by atoms with E-state index in [-0.39, 0.29) is 30.2 Å². The summed E-state index contributed by atoms with van der Waals surface area (Å²) in [6.07, 6.45) is 4.53. The van der Waals surface area contributed by atoms with E-state index in [9.17, 15) is 4.79 Å². The Labute approximate surface area is 174 Å². The van der Waals surface area contributed by atoms with Crippen LogP contribution in [-0.2, 0) is 18.3 Å². The second kappa shape index (κ2) is 8.81. The first-order chi connectivity index (χ1) is 13.1. The number of halogens is 1. The smallest absolute Gasteiger partial charge is 0.231 e. The monoisotopic (exact) mass is 418 g/mol. The van der Waals surface area contributed by atoms with Gasteiger partial charge in [-0.05, 0) is 18.1 Å². The summed E-state index contributed by atoms with van der Waals surface area (Å²) < 4.78 is 1.77. The molecular formula is C19H23ClN6OS. The molecule has 3 aromatic rings. The number of aryl methyl sites for hydroxylation is 2. The lowest BCUT2D eigenvalue weighted by molar-refractivity contribution is -0.119. The highest BCUT2D eigenvalue weighted by Gasteiger charge is 2.35. The van der Waals surface area contributed by atoms with E-state index in [0.29, 0.717) is 11.7 Å². The van der Waals surface area contributed by atoms with Crippen molar-refractivity contribution in [3.05, 3.63) is 58.4 Å². The summed E-state index contributed by atoms with van der Waals surface area (Å²) in [5.41, 5.74) is 3.50. The Morgan fingerprint density at radius 1 is 1.29 bits per heavy atom. The molecule has 1 aliphatic rings. The lowest BCUT2D eigenvalue weighted by atomic mass is 9.90. The molecule has 7 nitrogen and oxygen atoms in total. The van der Waals surface area contributed by atoms with E-state index in [1.807, 2.05) is 19.4 Å². The van der Waals surface area contributed by atoms with Crippen molar-refractivity contribution < 1.29 is 4.79 Å². The first kappa shape index (κ1) is 20.4. The van der Waals surface area contributed by atoms with Gasteiger partial charge in [-0.15, -0.1) is 22.6 Å². The van der Waals surface area contributed by atoms with Gasteiger partial charge in [-0.1, -0.05) is 41.2 Å². The highest BCUT2D eigenvalue weighted by atomic mass is 35.5. The molecule has 0 spiro atoms. The van der Waals surface area contributed by atoms with Crippen molar-refractivity contribution in [2.75, 3.05) is 18.4 Å². The molecule has 2 atom stereocenters. The Morgan fingerprint density at radius 2 is 2.07 bits per heavy atom. The Balaban J connectivity index is 0.00000225. The quantitative estimate of drug-likeness (QED) is 0.665. The van der Waals surface area contributed by atoms with Gasteiger partial charge in [-0.3, -0.25) is 9.48 Å². The van der Waals surface area contributed by atoms with Crippen LogP contribution in [-0.4, -0.2) is 39.0 Å². The summed E-state index contributed by atoms with van der Waals surface area (Å²) in [5.74, 6) is -0.0378. The van der Waals surface area contributed by atoms with Gasteiger partial charge in [0.05, 0.1) is 12.1 Å². The molecule has 1 aliphatic heterocycles. The molecule has 9 heteroatoms. The Bertz CT molecular complexity index is 938. The van der Waals surface area contributed by atoms with Crippen LogP contribution in [0.2, 0.25) is 0 Å². The average molecular weight is 419 g/mol. The topological polar surface area (TPSA) is 84.7 Å². The predicted molar refractivity (Wildman–Crippen MR) is 112 cm³/mol. The molecule has 0 unspecified atom stereocenters. The Hall–Kier alpha value is -2.29. The van der Waals surface area contributed by atoms with E-state index in [0.717, 1.165) is 23.5 Å². The summed E-state index contributed by atoms with van der Waals surface area (Å²) in [6.45, 7) is 3.50. The zero-order chi connectivity index (χ0) is 18.8. The van der Waals surface area contributed by atoms with Crippen molar-refractivity contribution in [3.63, 3.8) is 0 Å². The molecule has 2 aromatic heterocycles. The molecule has 0 aliphatic carbocycles. The summed E-state index contributed by atoms with van der Waals surface area (Å²) in [5, 5.41) is 20.3. The number of benzene rings is 1. The average Bonchev–Trinajstić information content (AvgIpc) is 3.37. The number of amides is 1. The van der Waals surface area contributed by atoms with E-state index in [1.165, 1.54) is 22.5 Å². The van der Waals surface area contributed by atoms with Gasteiger partial charge in [-0.2, -0.15) is 5.10 Å². The third-order valence-electron chi connectivity index (χ3n) is 4.88. The highest BCUT2D eigenvalue weighted by Crippen LogP contribution is 2.29. The van der Waals surface area contributed by atoms with Gasteiger partial charge in [0.2, 0.25) is 11.0 Å². The number of carbonyl (C=O) groups is 1. The number of aromatic nitrogens is 4. The van der Waals surface area contributed by atoms with Crippen molar-refractivity contribution >= 4 is 34.8 Å². The fourth-order valence-electron chi connectivity index (χ4n) is 3.39. The molecule has 4 rings (SSSR count). The van der Waals surface area contributed by atoms with Crippen LogP contribution in [0.5, 0.6) is 0 Å². The fraction of sp³-hybridized carbons (Fsp3) is 0.368. The first-order valence-electron chi connectivity index (χ1n) is 8.96. The van der Waals surface area contributed by atoms with Crippen molar-refractivity contribution in [1.29, 1.82) is 0 Å². The largest absolute Gasteiger partial charge is 0.315 e. The summed E-state index contributed by atoms with van der Waals surface area (Å²) in [6, 6.07) is 8.37. The van der Waals surface area contributed by atoms with E-state index < -0.39 is 0 Å². The van der Waals surface area contributed by atoms with Crippen LogP contribution in [0.3, 0.4) is 0 Å². The number of carbonyl (C=O) groups excluding carboxylic acids is 1. The minimum absolute atomic E-state index is 0. The van der Waals surface area contributed by atoms with E-state index >= 15 is 0 Å². The minimum Gasteiger partial charge on any atom is -0.315 e. The second-order valence-corrected chi connectivity index (χ2v) is 8.03. The number of nitrogens with one attached hydrogen (secondary N) is 2. The zero-order valence-corrected chi connectivity index (χ0v) is 17.4. The van der Waals surface area contributed by atoms with Crippen molar-refractivity contribution in [1.82, 2.24) is 25.3 Å². The lowest BCUT2D eigenvalue weighted by Crippen LogP contribution is -2.28. The Morgan fingerprint density at radius 3 is 2.79 bits per heavy atom. The first-order valence-corrected chi connectivity index (χ1v) is 9.78. The van der Waals surface area contributed by atoms with Gasteiger partial charge in [0.15, 0.2) is 0 Å². The number of hydrogen-bond donors (Lipinski definition) is 2. The fourth-order valence-corrected chi connectivity index (χ4v) is 4.17. The van der Waals surface area contributed by atoms with Crippen molar-refractivity contribution in [3.8, 4) is 0 Å². The molecule has 0 radical (unpaired) electrons.